The van der Waals surface area contributed by atoms with Crippen molar-refractivity contribution in [2.75, 3.05) is 23.3 Å². The molecule has 7 nitrogen and oxygen atoms in total. The molecule has 158 valence electrons. The lowest BCUT2D eigenvalue weighted by Gasteiger charge is -2.25. The van der Waals surface area contributed by atoms with E-state index in [2.05, 4.69) is 25.2 Å². The minimum absolute atomic E-state index is 0.228. The number of pyridine rings is 1. The smallest absolute Gasteiger partial charge is 0.277 e. The highest BCUT2D eigenvalue weighted by Crippen LogP contribution is 2.25. The molecule has 1 aromatic carbocycles. The molecule has 4 heterocycles. The molecular formula is C23H24N6OS. The number of hydrogen-bond donors (Lipinski definition) is 1. The summed E-state index contributed by atoms with van der Waals surface area (Å²) >= 11 is 1.53. The van der Waals surface area contributed by atoms with Crippen molar-refractivity contribution in [3.63, 3.8) is 0 Å². The zero-order valence-corrected chi connectivity index (χ0v) is 18.0. The second kappa shape index (κ2) is 8.85. The quantitative estimate of drug-likeness (QED) is 0.490. The molecule has 1 N–H and O–H groups in total. The Kier molecular flexibility index (Phi) is 5.62. The topological polar surface area (TPSA) is 75.9 Å². The number of piperidine rings is 1. The second-order valence-electron chi connectivity index (χ2n) is 7.66. The number of aryl methyl sites for hydroxylation is 2. The van der Waals surface area contributed by atoms with Crippen LogP contribution in [0.1, 0.15) is 35.4 Å². The highest BCUT2D eigenvalue weighted by molar-refractivity contribution is 7.14. The van der Waals surface area contributed by atoms with Gasteiger partial charge in [0.1, 0.15) is 5.69 Å². The molecule has 1 fully saturated rings. The number of para-hydroxylation sites is 2. The van der Waals surface area contributed by atoms with E-state index in [1.54, 1.807) is 6.20 Å². The van der Waals surface area contributed by atoms with Gasteiger partial charge in [-0.15, -0.1) is 11.3 Å². The normalized spacial score (nSPS) is 14.1. The Bertz CT molecular complexity index is 1180. The van der Waals surface area contributed by atoms with Crippen LogP contribution in [-0.2, 0) is 13.0 Å². The molecule has 31 heavy (non-hydrogen) atoms. The van der Waals surface area contributed by atoms with Crippen molar-refractivity contribution in [1.29, 1.82) is 0 Å². The van der Waals surface area contributed by atoms with Gasteiger partial charge >= 0.3 is 0 Å². The van der Waals surface area contributed by atoms with Crippen LogP contribution in [0.2, 0.25) is 0 Å². The largest absolute Gasteiger partial charge is 0.348 e. The molecule has 1 amide bonds. The maximum absolute atomic E-state index is 13.0. The molecule has 0 radical (unpaired) electrons. The molecule has 0 aliphatic carbocycles. The van der Waals surface area contributed by atoms with E-state index >= 15 is 0 Å². The molecule has 0 saturated carbocycles. The maximum atomic E-state index is 13.0. The molecule has 0 spiro atoms. The lowest BCUT2D eigenvalue weighted by atomic mass is 10.1. The number of carbonyl (C=O) groups excluding carboxylic acids is 1. The first-order chi connectivity index (χ1) is 15.3. The van der Waals surface area contributed by atoms with Gasteiger partial charge in [-0.1, -0.05) is 18.2 Å². The minimum atomic E-state index is -0.228. The lowest BCUT2D eigenvalue weighted by molar-refractivity contribution is 0.102. The van der Waals surface area contributed by atoms with Crippen molar-refractivity contribution in [1.82, 2.24) is 19.5 Å². The number of benzene rings is 1. The Labute approximate surface area is 184 Å². The van der Waals surface area contributed by atoms with Crippen molar-refractivity contribution < 1.29 is 4.79 Å². The van der Waals surface area contributed by atoms with E-state index < -0.39 is 0 Å². The van der Waals surface area contributed by atoms with Crippen LogP contribution in [-0.4, -0.2) is 38.5 Å². The van der Waals surface area contributed by atoms with Gasteiger partial charge in [-0.2, -0.15) is 0 Å². The second-order valence-corrected chi connectivity index (χ2v) is 8.50. The number of nitrogens with zero attached hydrogens (tertiary/aromatic N) is 5. The molecular weight excluding hydrogens is 408 g/mol. The molecule has 4 aromatic rings. The molecule has 0 unspecified atom stereocenters. The molecule has 0 atom stereocenters. The number of nitrogens with one attached hydrogen (secondary N) is 1. The first-order valence-electron chi connectivity index (χ1n) is 10.6. The van der Waals surface area contributed by atoms with E-state index in [9.17, 15) is 4.79 Å². The molecule has 1 aliphatic heterocycles. The van der Waals surface area contributed by atoms with E-state index in [4.69, 9.17) is 0 Å². The van der Waals surface area contributed by atoms with Gasteiger partial charge < -0.3 is 9.47 Å². The number of anilines is 2. The van der Waals surface area contributed by atoms with Crippen LogP contribution in [0.25, 0.3) is 11.0 Å². The summed E-state index contributed by atoms with van der Waals surface area (Å²) in [6.45, 7) is 2.69. The summed E-state index contributed by atoms with van der Waals surface area (Å²) in [5.74, 6) is 0.309. The Balaban J connectivity index is 1.37. The molecule has 1 aliphatic rings. The van der Waals surface area contributed by atoms with Gasteiger partial charge in [-0.05, 0) is 43.5 Å². The monoisotopic (exact) mass is 432 g/mol. The average molecular weight is 433 g/mol. The van der Waals surface area contributed by atoms with Gasteiger partial charge in [0.2, 0.25) is 5.95 Å². The fourth-order valence-corrected chi connectivity index (χ4v) is 4.79. The van der Waals surface area contributed by atoms with Crippen LogP contribution in [0.15, 0.2) is 54.0 Å². The fraction of sp³-hybridized carbons (Fsp3) is 0.304. The third-order valence-corrected chi connectivity index (χ3v) is 6.45. The van der Waals surface area contributed by atoms with Crippen LogP contribution in [0.3, 0.4) is 0 Å². The van der Waals surface area contributed by atoms with Crippen LogP contribution in [0, 0.1) is 0 Å². The number of amides is 1. The van der Waals surface area contributed by atoms with E-state index in [1.807, 2.05) is 52.4 Å². The zero-order chi connectivity index (χ0) is 21.0. The number of rotatable bonds is 6. The van der Waals surface area contributed by atoms with Crippen molar-refractivity contribution in [2.24, 2.45) is 0 Å². The number of imidazole rings is 1. The van der Waals surface area contributed by atoms with Gasteiger partial charge in [0.05, 0.1) is 11.0 Å². The molecule has 1 saturated heterocycles. The highest BCUT2D eigenvalue weighted by atomic mass is 32.1. The van der Waals surface area contributed by atoms with Crippen LogP contribution in [0.4, 0.5) is 11.1 Å². The summed E-state index contributed by atoms with van der Waals surface area (Å²) in [7, 11) is 0. The van der Waals surface area contributed by atoms with Crippen LogP contribution in [0.5, 0.6) is 0 Å². The predicted octanol–water partition coefficient (Wildman–Crippen LogP) is 4.37. The Hall–Kier alpha value is -3.26. The summed E-state index contributed by atoms with van der Waals surface area (Å²) in [5.41, 5.74) is 3.28. The molecule has 3 aromatic heterocycles. The number of thiazole rings is 1. The summed E-state index contributed by atoms with van der Waals surface area (Å²) in [4.78, 5) is 28.9. The van der Waals surface area contributed by atoms with E-state index in [0.29, 0.717) is 18.2 Å². The summed E-state index contributed by atoms with van der Waals surface area (Å²) in [5, 5.41) is 5.74. The molecule has 5 rings (SSSR count). The van der Waals surface area contributed by atoms with Gasteiger partial charge in [0.25, 0.3) is 5.91 Å². The van der Waals surface area contributed by atoms with Gasteiger partial charge in [0.15, 0.2) is 5.13 Å². The zero-order valence-electron chi connectivity index (χ0n) is 17.2. The van der Waals surface area contributed by atoms with Crippen molar-refractivity contribution in [3.05, 3.63) is 65.4 Å². The van der Waals surface area contributed by atoms with E-state index in [1.165, 1.54) is 30.6 Å². The highest BCUT2D eigenvalue weighted by Gasteiger charge is 2.19. The van der Waals surface area contributed by atoms with Crippen molar-refractivity contribution >= 4 is 39.4 Å². The van der Waals surface area contributed by atoms with Gasteiger partial charge in [-0.3, -0.25) is 15.1 Å². The maximum Gasteiger partial charge on any atom is 0.277 e. The third kappa shape index (κ3) is 4.29. The number of aromatic nitrogens is 4. The Morgan fingerprint density at radius 3 is 2.71 bits per heavy atom. The van der Waals surface area contributed by atoms with Crippen LogP contribution < -0.4 is 10.2 Å². The standard InChI is InChI=1S/C23H24N6OS/c30-21(19-16-31-23(26-19)28-13-6-1-7-14-28)27-22-25-18-9-2-3-10-20(18)29(22)15-11-17-8-4-5-12-24-17/h2-5,8-10,12,16H,1,6-7,11,13-15H2,(H,25,27,30). The summed E-state index contributed by atoms with van der Waals surface area (Å²) < 4.78 is 2.04. The average Bonchev–Trinajstić information content (AvgIpc) is 3.44. The van der Waals surface area contributed by atoms with Crippen molar-refractivity contribution in [3.8, 4) is 0 Å². The third-order valence-electron chi connectivity index (χ3n) is 5.55. The fourth-order valence-electron chi connectivity index (χ4n) is 3.93. The van der Waals surface area contributed by atoms with Crippen molar-refractivity contribution in [2.45, 2.75) is 32.2 Å². The first-order valence-corrected chi connectivity index (χ1v) is 11.5. The van der Waals surface area contributed by atoms with E-state index in [-0.39, 0.29) is 5.91 Å². The first kappa shape index (κ1) is 19.7. The number of hydrogen-bond acceptors (Lipinski definition) is 6. The number of carbonyl (C=O) groups is 1. The SMILES string of the molecule is O=C(Nc1nc2ccccc2n1CCc1ccccn1)c1csc(N2CCCCC2)n1. The number of fused-ring (bicyclic) bond motifs is 1. The summed E-state index contributed by atoms with van der Waals surface area (Å²) in [6, 6.07) is 13.8. The minimum Gasteiger partial charge on any atom is -0.348 e. The Morgan fingerprint density at radius 1 is 1.03 bits per heavy atom. The van der Waals surface area contributed by atoms with Gasteiger partial charge in [0, 0.05) is 43.3 Å². The van der Waals surface area contributed by atoms with Crippen LogP contribution >= 0.6 is 11.3 Å². The Morgan fingerprint density at radius 2 is 1.87 bits per heavy atom. The van der Waals surface area contributed by atoms with E-state index in [0.717, 1.165) is 41.4 Å². The predicted molar refractivity (Wildman–Crippen MR) is 124 cm³/mol. The lowest BCUT2D eigenvalue weighted by Crippen LogP contribution is -2.29. The summed E-state index contributed by atoms with van der Waals surface area (Å²) in [6.07, 6.45) is 6.18. The molecule has 0 bridgehead atoms. The van der Waals surface area contributed by atoms with Gasteiger partial charge in [-0.25, -0.2) is 9.97 Å². The molecule has 8 heteroatoms.